The molecule has 0 bridgehead atoms. The highest BCUT2D eigenvalue weighted by molar-refractivity contribution is 6.01. The highest BCUT2D eigenvalue weighted by atomic mass is 16.2. The van der Waals surface area contributed by atoms with Gasteiger partial charge in [0, 0.05) is 6.42 Å². The molecule has 0 aromatic heterocycles. The number of hydrogen-bond donors (Lipinski definition) is 1. The molecule has 1 saturated heterocycles. The lowest BCUT2D eigenvalue weighted by atomic mass is 9.87. The van der Waals surface area contributed by atoms with Crippen LogP contribution >= 0.6 is 0 Å². The van der Waals surface area contributed by atoms with Crippen molar-refractivity contribution in [1.29, 1.82) is 0 Å². The fourth-order valence-electron chi connectivity index (χ4n) is 2.21. The van der Waals surface area contributed by atoms with E-state index < -0.39 is 0 Å². The van der Waals surface area contributed by atoms with Crippen LogP contribution in [-0.2, 0) is 9.59 Å². The first-order valence-corrected chi connectivity index (χ1v) is 5.49. The van der Waals surface area contributed by atoms with Crippen LogP contribution in [-0.4, -0.2) is 11.8 Å². The van der Waals surface area contributed by atoms with Gasteiger partial charge in [0.05, 0.1) is 5.92 Å². The first-order valence-electron chi connectivity index (χ1n) is 5.49. The molecular weight excluding hydrogens is 202 g/mol. The zero-order chi connectivity index (χ0) is 11.7. The lowest BCUT2D eigenvalue weighted by Crippen LogP contribution is -2.39. The minimum Gasteiger partial charge on any atom is -0.296 e. The lowest BCUT2D eigenvalue weighted by molar-refractivity contribution is -0.134. The second-order valence-electron chi connectivity index (χ2n) is 4.36. The Morgan fingerprint density at radius 2 is 2.00 bits per heavy atom. The number of rotatable bonds is 1. The largest absolute Gasteiger partial charge is 0.296 e. The van der Waals surface area contributed by atoms with Crippen LogP contribution in [0.15, 0.2) is 18.2 Å². The van der Waals surface area contributed by atoms with Crippen LogP contribution in [0, 0.1) is 13.8 Å². The Morgan fingerprint density at radius 1 is 1.25 bits per heavy atom. The van der Waals surface area contributed by atoms with E-state index in [1.807, 2.05) is 26.0 Å². The summed E-state index contributed by atoms with van der Waals surface area (Å²) in [4.78, 5) is 22.8. The van der Waals surface area contributed by atoms with Crippen molar-refractivity contribution >= 4 is 11.8 Å². The molecule has 1 N–H and O–H groups in total. The molecule has 0 aliphatic carbocycles. The van der Waals surface area contributed by atoms with E-state index in [9.17, 15) is 9.59 Å². The third-order valence-corrected chi connectivity index (χ3v) is 3.04. The van der Waals surface area contributed by atoms with Gasteiger partial charge in [-0.25, -0.2) is 0 Å². The molecule has 0 saturated carbocycles. The Balaban J connectivity index is 2.30. The van der Waals surface area contributed by atoms with E-state index >= 15 is 0 Å². The van der Waals surface area contributed by atoms with Crippen LogP contribution in [0.25, 0.3) is 0 Å². The summed E-state index contributed by atoms with van der Waals surface area (Å²) in [6.07, 6.45) is 1.05. The molecule has 1 atom stereocenters. The molecule has 1 unspecified atom stereocenters. The normalized spacial score (nSPS) is 20.8. The van der Waals surface area contributed by atoms with Crippen LogP contribution in [0.3, 0.4) is 0 Å². The quantitative estimate of drug-likeness (QED) is 0.729. The number of nitrogens with one attached hydrogen (secondary N) is 1. The first-order chi connectivity index (χ1) is 7.58. The number of imide groups is 1. The van der Waals surface area contributed by atoms with Crippen molar-refractivity contribution in [3.8, 4) is 0 Å². The first kappa shape index (κ1) is 10.9. The molecule has 1 heterocycles. The van der Waals surface area contributed by atoms with Gasteiger partial charge in [-0.3, -0.25) is 14.9 Å². The molecule has 1 aromatic carbocycles. The second kappa shape index (κ2) is 4.08. The third kappa shape index (κ3) is 1.98. The molecule has 1 aliphatic rings. The van der Waals surface area contributed by atoms with Gasteiger partial charge in [-0.2, -0.15) is 0 Å². The molecule has 0 spiro atoms. The van der Waals surface area contributed by atoms with Gasteiger partial charge in [-0.05, 0) is 31.4 Å². The Bertz CT molecular complexity index is 451. The van der Waals surface area contributed by atoms with E-state index in [1.165, 1.54) is 5.56 Å². The van der Waals surface area contributed by atoms with Crippen molar-refractivity contribution in [1.82, 2.24) is 5.32 Å². The van der Waals surface area contributed by atoms with E-state index in [0.717, 1.165) is 11.1 Å². The third-order valence-electron chi connectivity index (χ3n) is 3.04. The van der Waals surface area contributed by atoms with Gasteiger partial charge in [-0.1, -0.05) is 23.8 Å². The summed E-state index contributed by atoms with van der Waals surface area (Å²) in [5.41, 5.74) is 3.35. The SMILES string of the molecule is Cc1ccc(C2CCC(=O)NC2=O)c(C)c1. The number of carbonyl (C=O) groups excluding carboxylic acids is 2. The van der Waals surface area contributed by atoms with E-state index in [-0.39, 0.29) is 17.7 Å². The van der Waals surface area contributed by atoms with Crippen LogP contribution in [0.1, 0.15) is 35.4 Å². The van der Waals surface area contributed by atoms with Crippen molar-refractivity contribution in [2.24, 2.45) is 0 Å². The van der Waals surface area contributed by atoms with Gasteiger partial charge in [0.2, 0.25) is 11.8 Å². The molecule has 1 aliphatic heterocycles. The van der Waals surface area contributed by atoms with Crippen molar-refractivity contribution in [2.75, 3.05) is 0 Å². The Kier molecular flexibility index (Phi) is 2.77. The second-order valence-corrected chi connectivity index (χ2v) is 4.36. The van der Waals surface area contributed by atoms with E-state index in [1.54, 1.807) is 0 Å². The van der Waals surface area contributed by atoms with Gasteiger partial charge in [-0.15, -0.1) is 0 Å². The van der Waals surface area contributed by atoms with E-state index in [0.29, 0.717) is 12.8 Å². The van der Waals surface area contributed by atoms with Crippen LogP contribution in [0.2, 0.25) is 0 Å². The summed E-state index contributed by atoms with van der Waals surface area (Å²) in [6, 6.07) is 6.07. The number of hydrogen-bond acceptors (Lipinski definition) is 2. The van der Waals surface area contributed by atoms with Gasteiger partial charge >= 0.3 is 0 Å². The maximum Gasteiger partial charge on any atom is 0.234 e. The number of benzene rings is 1. The molecule has 3 nitrogen and oxygen atoms in total. The average Bonchev–Trinajstić information content (AvgIpc) is 2.19. The molecule has 3 heteroatoms. The highest BCUT2D eigenvalue weighted by Crippen LogP contribution is 2.27. The lowest BCUT2D eigenvalue weighted by Gasteiger charge is -2.22. The number of aryl methyl sites for hydroxylation is 2. The molecule has 0 radical (unpaired) electrons. The van der Waals surface area contributed by atoms with Crippen molar-refractivity contribution in [3.05, 3.63) is 34.9 Å². The van der Waals surface area contributed by atoms with Gasteiger partial charge in [0.25, 0.3) is 0 Å². The predicted molar refractivity (Wildman–Crippen MR) is 61.0 cm³/mol. The number of piperidine rings is 1. The Hall–Kier alpha value is -1.64. The maximum atomic E-state index is 11.7. The zero-order valence-corrected chi connectivity index (χ0v) is 9.54. The molecule has 16 heavy (non-hydrogen) atoms. The molecule has 84 valence electrons. The van der Waals surface area contributed by atoms with E-state index in [4.69, 9.17) is 0 Å². The summed E-state index contributed by atoms with van der Waals surface area (Å²) < 4.78 is 0. The molecule has 1 aromatic rings. The molecule has 1 fully saturated rings. The fourth-order valence-corrected chi connectivity index (χ4v) is 2.21. The Morgan fingerprint density at radius 3 is 2.62 bits per heavy atom. The summed E-state index contributed by atoms with van der Waals surface area (Å²) in [7, 11) is 0. The smallest absolute Gasteiger partial charge is 0.234 e. The standard InChI is InChI=1S/C13H15NO2/c1-8-3-4-10(9(2)7-8)11-5-6-12(15)14-13(11)16/h3-4,7,11H,5-6H2,1-2H3,(H,14,15,16). The van der Waals surface area contributed by atoms with Gasteiger partial charge in [0.1, 0.15) is 0 Å². The highest BCUT2D eigenvalue weighted by Gasteiger charge is 2.28. The Labute approximate surface area is 94.9 Å². The van der Waals surface area contributed by atoms with Gasteiger partial charge in [0.15, 0.2) is 0 Å². The van der Waals surface area contributed by atoms with Gasteiger partial charge < -0.3 is 0 Å². The minimum absolute atomic E-state index is 0.161. The summed E-state index contributed by atoms with van der Waals surface area (Å²) in [6.45, 7) is 4.04. The fraction of sp³-hybridized carbons (Fsp3) is 0.385. The summed E-state index contributed by atoms with van der Waals surface area (Å²) >= 11 is 0. The predicted octanol–water partition coefficient (Wildman–Crippen LogP) is 1.82. The maximum absolute atomic E-state index is 11.7. The molecule has 2 rings (SSSR count). The zero-order valence-electron chi connectivity index (χ0n) is 9.54. The van der Waals surface area contributed by atoms with Crippen LogP contribution < -0.4 is 5.32 Å². The average molecular weight is 217 g/mol. The molecular formula is C13H15NO2. The van der Waals surface area contributed by atoms with Crippen molar-refractivity contribution in [2.45, 2.75) is 32.6 Å². The topological polar surface area (TPSA) is 46.2 Å². The van der Waals surface area contributed by atoms with Crippen molar-refractivity contribution in [3.63, 3.8) is 0 Å². The number of carbonyl (C=O) groups is 2. The monoisotopic (exact) mass is 217 g/mol. The number of amides is 2. The summed E-state index contributed by atoms with van der Waals surface area (Å²) in [5, 5.41) is 2.39. The van der Waals surface area contributed by atoms with Crippen molar-refractivity contribution < 1.29 is 9.59 Å². The van der Waals surface area contributed by atoms with E-state index in [2.05, 4.69) is 11.4 Å². The molecule has 2 amide bonds. The summed E-state index contributed by atoms with van der Waals surface area (Å²) in [5.74, 6) is -0.493. The minimum atomic E-state index is -0.168. The van der Waals surface area contributed by atoms with Crippen LogP contribution in [0.4, 0.5) is 0 Å². The van der Waals surface area contributed by atoms with Crippen LogP contribution in [0.5, 0.6) is 0 Å².